The highest BCUT2D eigenvalue weighted by Gasteiger charge is 2.52. The van der Waals surface area contributed by atoms with Crippen LogP contribution in [0.3, 0.4) is 0 Å². The van der Waals surface area contributed by atoms with Gasteiger partial charge >= 0.3 is 5.97 Å². The Labute approximate surface area is 155 Å². The van der Waals surface area contributed by atoms with Gasteiger partial charge in [-0.2, -0.15) is 0 Å². The minimum atomic E-state index is -0.944. The van der Waals surface area contributed by atoms with Gasteiger partial charge in [0.15, 0.2) is 0 Å². The largest absolute Gasteiger partial charge is 0.481 e. The van der Waals surface area contributed by atoms with Gasteiger partial charge in [0, 0.05) is 17.3 Å². The van der Waals surface area contributed by atoms with Crippen LogP contribution < -0.4 is 10.2 Å². The van der Waals surface area contributed by atoms with Crippen LogP contribution in [0.15, 0.2) is 36.4 Å². The molecule has 5 unspecified atom stereocenters. The standard InChI is InChI=1S/C19H19ClN2O4/c20-12-2-1-3-13(9-12)22-7-6-14(18(22)24)21-17(23)15-10-4-5-11(8-10)16(15)19(25)26/h1-5,9-11,14-16H,6-8H2,(H,21,23)(H,25,26). The topological polar surface area (TPSA) is 86.7 Å². The lowest BCUT2D eigenvalue weighted by Gasteiger charge is -2.25. The van der Waals surface area contributed by atoms with Crippen molar-refractivity contribution in [3.63, 3.8) is 0 Å². The van der Waals surface area contributed by atoms with E-state index >= 15 is 0 Å². The predicted molar refractivity (Wildman–Crippen MR) is 95.7 cm³/mol. The number of aliphatic carboxylic acids is 1. The van der Waals surface area contributed by atoms with Crippen LogP contribution in [0.1, 0.15) is 12.8 Å². The number of fused-ring (bicyclic) bond motifs is 2. The lowest BCUT2D eigenvalue weighted by molar-refractivity contribution is -0.148. The molecule has 26 heavy (non-hydrogen) atoms. The van der Waals surface area contributed by atoms with Gasteiger partial charge in [0.1, 0.15) is 6.04 Å². The van der Waals surface area contributed by atoms with Crippen molar-refractivity contribution in [1.29, 1.82) is 0 Å². The third kappa shape index (κ3) is 2.78. The van der Waals surface area contributed by atoms with Crippen LogP contribution in [0.25, 0.3) is 0 Å². The number of allylic oxidation sites excluding steroid dienone is 2. The molecular weight excluding hydrogens is 356 g/mol. The first-order chi connectivity index (χ1) is 12.5. The van der Waals surface area contributed by atoms with E-state index in [-0.39, 0.29) is 23.7 Å². The first kappa shape index (κ1) is 17.1. The number of carboxylic acids is 1. The molecule has 2 N–H and O–H groups in total. The van der Waals surface area contributed by atoms with E-state index in [1.807, 2.05) is 12.2 Å². The summed E-state index contributed by atoms with van der Waals surface area (Å²) in [4.78, 5) is 38.6. The number of nitrogens with one attached hydrogen (secondary N) is 1. The lowest BCUT2D eigenvalue weighted by atomic mass is 9.82. The third-order valence-corrected chi connectivity index (χ3v) is 5.92. The molecule has 6 nitrogen and oxygen atoms in total. The molecule has 3 aliphatic rings. The fourth-order valence-corrected chi connectivity index (χ4v) is 4.68. The summed E-state index contributed by atoms with van der Waals surface area (Å²) >= 11 is 5.99. The molecule has 1 aromatic rings. The summed E-state index contributed by atoms with van der Waals surface area (Å²) < 4.78 is 0. The Morgan fingerprint density at radius 1 is 1.19 bits per heavy atom. The zero-order valence-corrected chi connectivity index (χ0v) is 14.7. The van der Waals surface area contributed by atoms with E-state index in [9.17, 15) is 19.5 Å². The van der Waals surface area contributed by atoms with E-state index in [1.165, 1.54) is 0 Å². The molecule has 7 heteroatoms. The Kier molecular flexibility index (Phi) is 4.23. The SMILES string of the molecule is O=C(O)C1C2C=CC(C2)C1C(=O)NC1CCN(c2cccc(Cl)c2)C1=O. The minimum absolute atomic E-state index is 0.0540. The Balaban J connectivity index is 1.46. The highest BCUT2D eigenvalue weighted by Crippen LogP contribution is 2.48. The van der Waals surface area contributed by atoms with Gasteiger partial charge in [-0.1, -0.05) is 29.8 Å². The molecule has 1 aliphatic heterocycles. The van der Waals surface area contributed by atoms with Gasteiger partial charge in [0.25, 0.3) is 0 Å². The average molecular weight is 375 g/mol. The van der Waals surface area contributed by atoms with E-state index in [1.54, 1.807) is 29.2 Å². The van der Waals surface area contributed by atoms with Gasteiger partial charge in [-0.3, -0.25) is 14.4 Å². The monoisotopic (exact) mass is 374 g/mol. The molecule has 1 aromatic carbocycles. The van der Waals surface area contributed by atoms with Crippen molar-refractivity contribution in [3.05, 3.63) is 41.4 Å². The number of carboxylic acid groups (broad SMARTS) is 1. The second-order valence-corrected chi connectivity index (χ2v) is 7.59. The maximum absolute atomic E-state index is 12.7. The number of benzene rings is 1. The van der Waals surface area contributed by atoms with E-state index in [0.717, 1.165) is 0 Å². The fraction of sp³-hybridized carbons (Fsp3) is 0.421. The second kappa shape index (κ2) is 6.43. The summed E-state index contributed by atoms with van der Waals surface area (Å²) in [6.45, 7) is 0.489. The van der Waals surface area contributed by atoms with Gasteiger partial charge in [0.05, 0.1) is 11.8 Å². The number of rotatable bonds is 4. The fourth-order valence-electron chi connectivity index (χ4n) is 4.50. The first-order valence-corrected chi connectivity index (χ1v) is 9.12. The van der Waals surface area contributed by atoms with Crippen LogP contribution in [0.5, 0.6) is 0 Å². The Morgan fingerprint density at radius 3 is 2.62 bits per heavy atom. The summed E-state index contributed by atoms with van der Waals surface area (Å²) in [5, 5.41) is 12.8. The molecule has 2 bridgehead atoms. The van der Waals surface area contributed by atoms with Crippen molar-refractivity contribution in [1.82, 2.24) is 5.32 Å². The summed E-state index contributed by atoms with van der Waals surface area (Å²) in [5.41, 5.74) is 0.700. The van der Waals surface area contributed by atoms with E-state index in [4.69, 9.17) is 11.6 Å². The Morgan fingerprint density at radius 2 is 1.92 bits per heavy atom. The second-order valence-electron chi connectivity index (χ2n) is 7.16. The normalized spacial score (nSPS) is 32.3. The van der Waals surface area contributed by atoms with E-state index < -0.39 is 23.8 Å². The minimum Gasteiger partial charge on any atom is -0.481 e. The highest BCUT2D eigenvalue weighted by atomic mass is 35.5. The van der Waals surface area contributed by atoms with Crippen LogP contribution >= 0.6 is 11.6 Å². The van der Waals surface area contributed by atoms with Gasteiger partial charge in [-0.05, 0) is 42.9 Å². The lowest BCUT2D eigenvalue weighted by Crippen LogP contribution is -2.47. The molecule has 5 atom stereocenters. The number of amides is 2. The number of carbonyl (C=O) groups is 3. The smallest absolute Gasteiger partial charge is 0.307 e. The quantitative estimate of drug-likeness (QED) is 0.790. The maximum atomic E-state index is 12.7. The van der Waals surface area contributed by atoms with Gasteiger partial charge < -0.3 is 15.3 Å². The van der Waals surface area contributed by atoms with Gasteiger partial charge in [0.2, 0.25) is 11.8 Å². The summed E-state index contributed by atoms with van der Waals surface area (Å²) in [5.74, 6) is -2.91. The maximum Gasteiger partial charge on any atom is 0.307 e. The first-order valence-electron chi connectivity index (χ1n) is 8.74. The van der Waals surface area contributed by atoms with Gasteiger partial charge in [-0.25, -0.2) is 0 Å². The molecule has 2 amide bonds. The molecular formula is C19H19ClN2O4. The molecule has 2 aliphatic carbocycles. The van der Waals surface area contributed by atoms with Crippen molar-refractivity contribution < 1.29 is 19.5 Å². The van der Waals surface area contributed by atoms with Crippen molar-refractivity contribution in [3.8, 4) is 0 Å². The van der Waals surface area contributed by atoms with Crippen LogP contribution in [-0.2, 0) is 14.4 Å². The molecule has 0 spiro atoms. The van der Waals surface area contributed by atoms with Crippen molar-refractivity contribution in [2.24, 2.45) is 23.7 Å². The summed E-state index contributed by atoms with van der Waals surface area (Å²) in [7, 11) is 0. The van der Waals surface area contributed by atoms with Gasteiger partial charge in [-0.15, -0.1) is 0 Å². The van der Waals surface area contributed by atoms with Crippen molar-refractivity contribution >= 4 is 35.1 Å². The van der Waals surface area contributed by atoms with Crippen LogP contribution in [0, 0.1) is 23.7 Å². The average Bonchev–Trinajstić information content (AvgIpc) is 3.30. The van der Waals surface area contributed by atoms with Crippen LogP contribution in [0.2, 0.25) is 5.02 Å². The highest BCUT2D eigenvalue weighted by molar-refractivity contribution is 6.31. The molecule has 1 heterocycles. The molecule has 136 valence electrons. The van der Waals surface area contributed by atoms with E-state index in [2.05, 4.69) is 5.32 Å². The number of nitrogens with zero attached hydrogens (tertiary/aromatic N) is 1. The van der Waals surface area contributed by atoms with E-state index in [0.29, 0.717) is 30.1 Å². The van der Waals surface area contributed by atoms with Crippen LogP contribution in [0.4, 0.5) is 5.69 Å². The summed E-state index contributed by atoms with van der Waals surface area (Å²) in [6, 6.07) is 6.40. The zero-order valence-electron chi connectivity index (χ0n) is 14.0. The number of hydrogen-bond acceptors (Lipinski definition) is 3. The van der Waals surface area contributed by atoms with Crippen molar-refractivity contribution in [2.75, 3.05) is 11.4 Å². The Hall–Kier alpha value is -2.34. The summed E-state index contributed by atoms with van der Waals surface area (Å²) in [6.07, 6.45) is 5.02. The predicted octanol–water partition coefficient (Wildman–Crippen LogP) is 2.08. The number of anilines is 1. The zero-order chi connectivity index (χ0) is 18.4. The molecule has 0 radical (unpaired) electrons. The van der Waals surface area contributed by atoms with Crippen LogP contribution in [-0.4, -0.2) is 35.5 Å². The number of halogens is 1. The third-order valence-electron chi connectivity index (χ3n) is 5.69. The molecule has 4 rings (SSSR count). The number of carbonyl (C=O) groups excluding carboxylic acids is 2. The molecule has 1 saturated carbocycles. The molecule has 1 saturated heterocycles. The molecule has 2 fully saturated rings. The Bertz CT molecular complexity index is 808. The van der Waals surface area contributed by atoms with Crippen molar-refractivity contribution in [2.45, 2.75) is 18.9 Å². The number of hydrogen-bond donors (Lipinski definition) is 2. The molecule has 0 aromatic heterocycles.